The van der Waals surface area contributed by atoms with Crippen LogP contribution in [0.3, 0.4) is 0 Å². The first-order valence-corrected chi connectivity index (χ1v) is 18.9. The number of nitrogens with zero attached hydrogens (tertiary/aromatic N) is 2. The largest absolute Gasteiger partial charge is 0.449 e. The van der Waals surface area contributed by atoms with Crippen LogP contribution < -0.4 is 10.6 Å². The van der Waals surface area contributed by atoms with Gasteiger partial charge in [-0.1, -0.05) is 72.2 Å². The van der Waals surface area contributed by atoms with E-state index in [1.807, 2.05) is 39.8 Å². The van der Waals surface area contributed by atoms with Crippen molar-refractivity contribution >= 4 is 29.8 Å². The molecule has 52 heavy (non-hydrogen) atoms. The number of amides is 4. The van der Waals surface area contributed by atoms with E-state index in [0.717, 1.165) is 36.8 Å². The highest BCUT2D eigenvalue weighted by Gasteiger charge is 2.61. The summed E-state index contributed by atoms with van der Waals surface area (Å²) in [6.45, 7) is 15.8. The van der Waals surface area contributed by atoms with Gasteiger partial charge >= 0.3 is 12.2 Å². The zero-order chi connectivity index (χ0) is 38.0. The molecule has 1 aromatic rings. The number of nitrogens with one attached hydrogen (secondary N) is 2. The summed E-state index contributed by atoms with van der Waals surface area (Å²) in [4.78, 5) is 72.0. The fourth-order valence-electron chi connectivity index (χ4n) is 8.19. The van der Waals surface area contributed by atoms with Crippen molar-refractivity contribution in [1.29, 1.82) is 0 Å². The molecule has 0 radical (unpaired) electrons. The third-order valence-electron chi connectivity index (χ3n) is 11.4. The van der Waals surface area contributed by atoms with E-state index in [-0.39, 0.29) is 43.1 Å². The van der Waals surface area contributed by atoms with Crippen molar-refractivity contribution in [1.82, 2.24) is 20.4 Å². The maximum atomic E-state index is 14.5. The predicted octanol–water partition coefficient (Wildman–Crippen LogP) is 5.04. The highest BCUT2D eigenvalue weighted by molar-refractivity contribution is 5.94. The van der Waals surface area contributed by atoms with Gasteiger partial charge in [0.05, 0.1) is 31.2 Å². The molecule has 12 heteroatoms. The smallest absolute Gasteiger partial charge is 0.410 e. The molecule has 1 saturated carbocycles. The summed E-state index contributed by atoms with van der Waals surface area (Å²) < 4.78 is 11.7. The number of aryl methyl sites for hydroxylation is 1. The number of cyclic esters (lactones) is 1. The summed E-state index contributed by atoms with van der Waals surface area (Å²) in [5.41, 5.74) is 1.29. The van der Waals surface area contributed by atoms with Gasteiger partial charge in [0.25, 0.3) is 0 Å². The number of hydrogen-bond donors (Lipinski definition) is 3. The van der Waals surface area contributed by atoms with E-state index in [9.17, 15) is 29.1 Å². The Morgan fingerprint density at radius 3 is 2.54 bits per heavy atom. The van der Waals surface area contributed by atoms with E-state index in [1.54, 1.807) is 11.0 Å². The summed E-state index contributed by atoms with van der Waals surface area (Å²) in [5.74, 6) is -2.26. The van der Waals surface area contributed by atoms with Crippen LogP contribution in [0.25, 0.3) is 0 Å². The molecule has 5 rings (SSSR count). The first-order valence-electron chi connectivity index (χ1n) is 18.9. The van der Waals surface area contributed by atoms with Crippen molar-refractivity contribution in [3.05, 3.63) is 47.5 Å². The van der Waals surface area contributed by atoms with Crippen LogP contribution in [0, 0.1) is 22.7 Å². The number of hydrogen-bond acceptors (Lipinski definition) is 8. The molecule has 4 amide bonds. The number of carbonyl (C=O) groups excluding carboxylic acids is 5. The molecule has 3 aliphatic heterocycles. The first kappa shape index (κ1) is 39.3. The van der Waals surface area contributed by atoms with Crippen LogP contribution in [-0.4, -0.2) is 88.2 Å². The number of carbonyl (C=O) groups is 5. The minimum Gasteiger partial charge on any atom is -0.449 e. The average molecular weight is 723 g/mol. The Balaban J connectivity index is 1.46. The first-order chi connectivity index (χ1) is 24.5. The lowest BCUT2D eigenvalue weighted by atomic mass is 9.85. The second-order valence-electron chi connectivity index (χ2n) is 17.1. The summed E-state index contributed by atoms with van der Waals surface area (Å²) in [6, 6.07) is 4.01. The molecule has 1 aromatic carbocycles. The number of alkyl carbamates (subject to hydrolysis) is 1. The third kappa shape index (κ3) is 8.48. The second-order valence-corrected chi connectivity index (χ2v) is 17.1. The molecule has 6 atom stereocenters. The number of aliphatic hydroxyl groups is 1. The van der Waals surface area contributed by atoms with Gasteiger partial charge in [-0.25, -0.2) is 9.59 Å². The Morgan fingerprint density at radius 2 is 1.88 bits per heavy atom. The Hall–Kier alpha value is -3.93. The highest BCUT2D eigenvalue weighted by atomic mass is 16.6. The van der Waals surface area contributed by atoms with Crippen LogP contribution in [0.15, 0.2) is 30.9 Å². The topological polar surface area (TPSA) is 155 Å². The Morgan fingerprint density at radius 1 is 1.15 bits per heavy atom. The predicted molar refractivity (Wildman–Crippen MR) is 195 cm³/mol. The molecule has 286 valence electrons. The monoisotopic (exact) mass is 722 g/mol. The summed E-state index contributed by atoms with van der Waals surface area (Å²) in [6.07, 6.45) is 4.48. The van der Waals surface area contributed by atoms with Crippen LogP contribution in [0.2, 0.25) is 0 Å². The summed E-state index contributed by atoms with van der Waals surface area (Å²) >= 11 is 0. The third-order valence-corrected chi connectivity index (χ3v) is 11.4. The van der Waals surface area contributed by atoms with Crippen LogP contribution in [0.4, 0.5) is 9.59 Å². The Labute approximate surface area is 308 Å². The van der Waals surface area contributed by atoms with Crippen molar-refractivity contribution in [3.63, 3.8) is 0 Å². The lowest BCUT2D eigenvalue weighted by molar-refractivity contribution is -0.143. The van der Waals surface area contributed by atoms with Gasteiger partial charge in [0.1, 0.15) is 24.0 Å². The Kier molecular flexibility index (Phi) is 11.8. The number of ketones is 1. The van der Waals surface area contributed by atoms with Crippen LogP contribution >= 0.6 is 0 Å². The minimum atomic E-state index is -1.08. The Bertz CT molecular complexity index is 1550. The molecule has 1 aliphatic carbocycles. The van der Waals surface area contributed by atoms with Crippen molar-refractivity contribution in [2.24, 2.45) is 22.7 Å². The van der Waals surface area contributed by atoms with Crippen LogP contribution in [0.5, 0.6) is 0 Å². The quantitative estimate of drug-likeness (QED) is 0.316. The van der Waals surface area contributed by atoms with E-state index >= 15 is 0 Å². The fraction of sp³-hybridized carbons (Fsp3) is 0.675. The molecule has 0 aromatic heterocycles. The van der Waals surface area contributed by atoms with Gasteiger partial charge < -0.3 is 30.1 Å². The average Bonchev–Trinajstić information content (AvgIpc) is 3.38. The van der Waals surface area contributed by atoms with E-state index in [1.165, 1.54) is 10.5 Å². The fourth-order valence-corrected chi connectivity index (χ4v) is 8.19. The highest BCUT2D eigenvalue weighted by Crippen LogP contribution is 2.51. The van der Waals surface area contributed by atoms with E-state index in [4.69, 9.17) is 9.47 Å². The number of fused-ring (bicyclic) bond motifs is 3. The van der Waals surface area contributed by atoms with Gasteiger partial charge in [-0.3, -0.25) is 19.3 Å². The molecule has 0 spiro atoms. The molecule has 1 saturated heterocycles. The van der Waals surface area contributed by atoms with Crippen molar-refractivity contribution < 1.29 is 38.6 Å². The molecule has 2 fully saturated rings. The van der Waals surface area contributed by atoms with Crippen molar-refractivity contribution in [2.45, 2.75) is 130 Å². The number of rotatable bonds is 8. The standard InChI is InChI=1S/C40H58N4O8/c1-8-13-32(46)30(23-45)40(19-27(40)9-2)42-34(47)31-18-28-21-44(31)35(48)33(38(3,4)5)41-36(49)51-24-39(6,7)17-11-10-14-25-15-12-16-26-20-43(22-29(25)26)37(50)52-28/h9,12,15-16,27-28,30-31,33,45H,2,8,10-11,13-14,17-24H2,1,3-7H3,(H,41,49)(H,42,47)/t27-,28-,30?,31+,33-,40-/m1/s1. The van der Waals surface area contributed by atoms with Gasteiger partial charge in [0, 0.05) is 31.8 Å². The molecule has 1 unspecified atom stereocenters. The maximum Gasteiger partial charge on any atom is 0.410 e. The number of benzene rings is 1. The van der Waals surface area contributed by atoms with E-state index in [0.29, 0.717) is 25.9 Å². The number of Topliss-reactive ketones (excluding diaryl/α,β-unsaturated/α-hetero) is 1. The van der Waals surface area contributed by atoms with Gasteiger partial charge in [0.15, 0.2) is 0 Å². The van der Waals surface area contributed by atoms with Gasteiger partial charge in [0.2, 0.25) is 11.8 Å². The van der Waals surface area contributed by atoms with Crippen LogP contribution in [-0.2, 0) is 43.4 Å². The summed E-state index contributed by atoms with van der Waals surface area (Å²) in [5, 5.41) is 16.2. The maximum absolute atomic E-state index is 14.5. The number of ether oxygens (including phenoxy) is 2. The molecule has 4 aliphatic rings. The molecule has 12 nitrogen and oxygen atoms in total. The van der Waals surface area contributed by atoms with Crippen LogP contribution in [0.1, 0.15) is 103 Å². The molecule has 3 heterocycles. The molecule has 4 bridgehead atoms. The normalized spacial score (nSPS) is 28.6. The molecule has 3 N–H and O–H groups in total. The zero-order valence-electron chi connectivity index (χ0n) is 31.8. The van der Waals surface area contributed by atoms with Gasteiger partial charge in [-0.2, -0.15) is 0 Å². The van der Waals surface area contributed by atoms with Gasteiger partial charge in [-0.05, 0) is 59.6 Å². The lowest BCUT2D eigenvalue weighted by Crippen LogP contribution is -2.59. The van der Waals surface area contributed by atoms with E-state index < -0.39 is 65.7 Å². The SMILES string of the molecule is C=C[C@@H]1C[C@]1(NC(=O)[C@@H]1C[C@@H]2CN1C(=O)[C@H](C(C)(C)C)NC(=O)OCC(C)(C)CCCCc1cccc3c1CN(C3)C(=O)O2)C(CO)C(=O)CCC. The zero-order valence-corrected chi connectivity index (χ0v) is 31.8. The molecular weight excluding hydrogens is 664 g/mol. The number of aliphatic hydroxyl groups excluding tert-OH is 1. The van der Waals surface area contributed by atoms with Gasteiger partial charge in [-0.15, -0.1) is 6.58 Å². The molecular formula is C40H58N4O8. The summed E-state index contributed by atoms with van der Waals surface area (Å²) in [7, 11) is 0. The van der Waals surface area contributed by atoms with Crippen molar-refractivity contribution in [3.8, 4) is 0 Å². The van der Waals surface area contributed by atoms with E-state index in [2.05, 4.69) is 37.1 Å². The second kappa shape index (κ2) is 15.6. The van der Waals surface area contributed by atoms with Crippen molar-refractivity contribution in [2.75, 3.05) is 19.8 Å². The lowest BCUT2D eigenvalue weighted by Gasteiger charge is -2.36. The minimum absolute atomic E-state index is 0.0202.